The Balaban J connectivity index is 3.72. The normalized spacial score (nSPS) is 12.8. The molecule has 0 spiro atoms. The molecule has 0 aliphatic carbocycles. The van der Waals surface area contributed by atoms with Gasteiger partial charge in [0, 0.05) is 0 Å². The maximum absolute atomic E-state index is 12.6. The minimum absolute atomic E-state index is 0.249. The molecule has 0 atom stereocenters. The minimum atomic E-state index is -5.29. The third-order valence-electron chi connectivity index (χ3n) is 1.51. The van der Waals surface area contributed by atoms with Gasteiger partial charge in [-0.05, 0) is 12.1 Å². The molecular weight excluding hydrogens is 309 g/mol. The summed E-state index contributed by atoms with van der Waals surface area (Å²) < 4.78 is 67.3. The van der Waals surface area contributed by atoms with E-state index in [-0.39, 0.29) is 6.07 Å². The molecule has 16 heavy (non-hydrogen) atoms. The van der Waals surface area contributed by atoms with Gasteiger partial charge in [0.25, 0.3) is 0 Å². The fourth-order valence-electron chi connectivity index (χ4n) is 0.858. The average Bonchev–Trinajstić information content (AvgIpc) is 2.05. The van der Waals surface area contributed by atoms with Crippen LogP contribution in [0.2, 0.25) is 10.0 Å². The summed E-state index contributed by atoms with van der Waals surface area (Å²) in [6, 6.07) is 0.826. The highest BCUT2D eigenvalue weighted by molar-refractivity contribution is 7.87. The highest BCUT2D eigenvalue weighted by atomic mass is 35.5. The van der Waals surface area contributed by atoms with E-state index in [4.69, 9.17) is 23.2 Å². The standard InChI is InChI=1S/C6H2Cl2F2O4S2/c7-4-1-3(15(9,11)12)2-5(6(4)8)16(10,13)14/h1-2H. The fraction of sp³-hybridized carbons (Fsp3) is 0. The van der Waals surface area contributed by atoms with E-state index in [1.54, 1.807) is 0 Å². The van der Waals surface area contributed by atoms with Crippen LogP contribution in [-0.2, 0) is 20.4 Å². The molecule has 1 aromatic rings. The Bertz CT molecular complexity index is 639. The summed E-state index contributed by atoms with van der Waals surface area (Å²) in [5.74, 6) is 0. The summed E-state index contributed by atoms with van der Waals surface area (Å²) >= 11 is 10.7. The molecule has 0 amide bonds. The van der Waals surface area contributed by atoms with Crippen LogP contribution >= 0.6 is 23.2 Å². The van der Waals surface area contributed by atoms with Crippen LogP contribution in [0.25, 0.3) is 0 Å². The van der Waals surface area contributed by atoms with Crippen LogP contribution in [0.1, 0.15) is 0 Å². The number of benzene rings is 1. The molecule has 0 aliphatic heterocycles. The van der Waals surface area contributed by atoms with Crippen molar-refractivity contribution in [3.8, 4) is 0 Å². The van der Waals surface area contributed by atoms with Gasteiger partial charge < -0.3 is 0 Å². The molecule has 4 nitrogen and oxygen atoms in total. The summed E-state index contributed by atoms with van der Waals surface area (Å²) in [5.41, 5.74) is 0. The Kier molecular flexibility index (Phi) is 3.49. The monoisotopic (exact) mass is 310 g/mol. The van der Waals surface area contributed by atoms with Crippen molar-refractivity contribution in [2.24, 2.45) is 0 Å². The first-order chi connectivity index (χ1) is 7.03. The molecule has 0 fully saturated rings. The van der Waals surface area contributed by atoms with Gasteiger partial charge in [0.1, 0.15) is 9.79 Å². The van der Waals surface area contributed by atoms with Gasteiger partial charge in [-0.3, -0.25) is 0 Å². The predicted octanol–water partition coefficient (Wildman–Crippen LogP) is 2.31. The Morgan fingerprint density at radius 1 is 0.938 bits per heavy atom. The molecule has 0 aromatic heterocycles. The van der Waals surface area contributed by atoms with E-state index in [2.05, 4.69) is 0 Å². The van der Waals surface area contributed by atoms with E-state index in [9.17, 15) is 24.6 Å². The lowest BCUT2D eigenvalue weighted by Gasteiger charge is -2.03. The van der Waals surface area contributed by atoms with Gasteiger partial charge in [0.15, 0.2) is 0 Å². The average molecular weight is 311 g/mol. The lowest BCUT2D eigenvalue weighted by Crippen LogP contribution is -1.99. The highest BCUT2D eigenvalue weighted by Crippen LogP contribution is 2.33. The van der Waals surface area contributed by atoms with E-state index >= 15 is 0 Å². The predicted molar refractivity (Wildman–Crippen MR) is 53.0 cm³/mol. The van der Waals surface area contributed by atoms with E-state index in [0.29, 0.717) is 6.07 Å². The van der Waals surface area contributed by atoms with Gasteiger partial charge in [0.2, 0.25) is 0 Å². The topological polar surface area (TPSA) is 68.3 Å². The molecule has 10 heteroatoms. The van der Waals surface area contributed by atoms with Crippen LogP contribution in [0.4, 0.5) is 7.77 Å². The zero-order valence-corrected chi connectivity index (χ0v) is 10.3. The minimum Gasteiger partial charge on any atom is -0.189 e. The summed E-state index contributed by atoms with van der Waals surface area (Å²) in [5, 5.41) is -1.30. The van der Waals surface area contributed by atoms with Gasteiger partial charge in [-0.2, -0.15) is 16.8 Å². The molecule has 0 unspecified atom stereocenters. The van der Waals surface area contributed by atoms with E-state index < -0.39 is 40.3 Å². The number of hydrogen-bond acceptors (Lipinski definition) is 4. The van der Waals surface area contributed by atoms with Crippen molar-refractivity contribution in [1.82, 2.24) is 0 Å². The number of rotatable bonds is 2. The third kappa shape index (κ3) is 2.82. The van der Waals surface area contributed by atoms with Crippen molar-refractivity contribution in [3.63, 3.8) is 0 Å². The fourth-order valence-corrected chi connectivity index (χ4v) is 2.77. The molecule has 0 heterocycles. The van der Waals surface area contributed by atoms with Crippen LogP contribution in [-0.4, -0.2) is 16.8 Å². The van der Waals surface area contributed by atoms with E-state index in [1.165, 1.54) is 0 Å². The summed E-state index contributed by atoms with van der Waals surface area (Å²) in [7, 11) is -10.5. The van der Waals surface area contributed by atoms with Gasteiger partial charge in [-0.15, -0.1) is 7.77 Å². The highest BCUT2D eigenvalue weighted by Gasteiger charge is 2.24. The van der Waals surface area contributed by atoms with E-state index in [0.717, 1.165) is 0 Å². The Morgan fingerprint density at radius 3 is 1.81 bits per heavy atom. The summed E-state index contributed by atoms with van der Waals surface area (Å²) in [6.45, 7) is 0. The zero-order valence-electron chi connectivity index (χ0n) is 7.12. The zero-order chi connectivity index (χ0) is 12.7. The SMILES string of the molecule is O=S(=O)(F)c1cc(Cl)c(Cl)c(S(=O)(=O)F)c1. The third-order valence-corrected chi connectivity index (χ3v) is 4.07. The van der Waals surface area contributed by atoms with Crippen molar-refractivity contribution in [1.29, 1.82) is 0 Å². The van der Waals surface area contributed by atoms with Crippen LogP contribution in [0.3, 0.4) is 0 Å². The Hall–Kier alpha value is -0.440. The Labute approximate surface area is 100 Å². The quantitative estimate of drug-likeness (QED) is 0.786. The van der Waals surface area contributed by atoms with Crippen molar-refractivity contribution in [2.75, 3.05) is 0 Å². The molecule has 0 radical (unpaired) electrons. The molecule has 1 aromatic carbocycles. The van der Waals surface area contributed by atoms with Gasteiger partial charge in [-0.25, -0.2) is 0 Å². The second kappa shape index (κ2) is 4.10. The lowest BCUT2D eigenvalue weighted by molar-refractivity contribution is 0.550. The molecular formula is C6H2Cl2F2O4S2. The lowest BCUT2D eigenvalue weighted by atomic mass is 10.4. The van der Waals surface area contributed by atoms with Crippen LogP contribution in [0.15, 0.2) is 21.9 Å². The van der Waals surface area contributed by atoms with Gasteiger partial charge >= 0.3 is 20.4 Å². The second-order valence-electron chi connectivity index (χ2n) is 2.59. The maximum atomic E-state index is 12.6. The first-order valence-corrected chi connectivity index (χ1v) is 6.94. The number of halogens is 4. The second-order valence-corrected chi connectivity index (χ2v) is 6.04. The van der Waals surface area contributed by atoms with Crippen molar-refractivity contribution >= 4 is 43.6 Å². The molecule has 1 rings (SSSR count). The van der Waals surface area contributed by atoms with Crippen LogP contribution in [0, 0.1) is 0 Å². The maximum Gasteiger partial charge on any atom is 0.333 e. The van der Waals surface area contributed by atoms with E-state index in [1.807, 2.05) is 0 Å². The Morgan fingerprint density at radius 2 is 1.44 bits per heavy atom. The molecule has 90 valence electrons. The van der Waals surface area contributed by atoms with Crippen molar-refractivity contribution in [3.05, 3.63) is 22.2 Å². The molecule has 0 saturated carbocycles. The van der Waals surface area contributed by atoms with Crippen molar-refractivity contribution in [2.45, 2.75) is 9.79 Å². The summed E-state index contributed by atoms with van der Waals surface area (Å²) in [6.07, 6.45) is 0. The molecule has 0 bridgehead atoms. The van der Waals surface area contributed by atoms with Gasteiger partial charge in [0.05, 0.1) is 10.0 Å². The van der Waals surface area contributed by atoms with Crippen molar-refractivity contribution < 1.29 is 24.6 Å². The van der Waals surface area contributed by atoms with Crippen LogP contribution < -0.4 is 0 Å². The molecule has 0 saturated heterocycles. The molecule has 0 aliphatic rings. The number of hydrogen-bond donors (Lipinski definition) is 0. The first-order valence-electron chi connectivity index (χ1n) is 3.42. The summed E-state index contributed by atoms with van der Waals surface area (Å²) in [4.78, 5) is -2.28. The molecule has 0 N–H and O–H groups in total. The van der Waals surface area contributed by atoms with Gasteiger partial charge in [-0.1, -0.05) is 23.2 Å². The first kappa shape index (κ1) is 13.6. The smallest absolute Gasteiger partial charge is 0.189 e. The largest absolute Gasteiger partial charge is 0.333 e. The van der Waals surface area contributed by atoms with Crippen LogP contribution in [0.5, 0.6) is 0 Å².